The lowest BCUT2D eigenvalue weighted by molar-refractivity contribution is -0.138. The first-order valence-electron chi connectivity index (χ1n) is 13.2. The van der Waals surface area contributed by atoms with Crippen LogP contribution in [0.15, 0.2) is 64.0 Å². The molecule has 0 spiro atoms. The van der Waals surface area contributed by atoms with Gasteiger partial charge >= 0.3 is 6.18 Å². The third kappa shape index (κ3) is 4.63. The van der Waals surface area contributed by atoms with Crippen LogP contribution < -0.4 is 5.56 Å². The Morgan fingerprint density at radius 2 is 1.83 bits per heavy atom. The number of hydrogen-bond acceptors (Lipinski definition) is 4. The second-order valence-electron chi connectivity index (χ2n) is 10.7. The zero-order valence-corrected chi connectivity index (χ0v) is 24.8. The van der Waals surface area contributed by atoms with E-state index in [4.69, 9.17) is 4.98 Å². The van der Waals surface area contributed by atoms with Gasteiger partial charge in [-0.25, -0.2) is 14.2 Å². The lowest BCUT2D eigenvalue weighted by Crippen LogP contribution is -2.46. The van der Waals surface area contributed by atoms with Crippen molar-refractivity contribution in [1.29, 1.82) is 0 Å². The highest BCUT2D eigenvalue weighted by Gasteiger charge is 2.36. The van der Waals surface area contributed by atoms with Crippen molar-refractivity contribution in [2.75, 3.05) is 0 Å². The second-order valence-corrected chi connectivity index (χ2v) is 11.5. The first kappa shape index (κ1) is 28.0. The van der Waals surface area contributed by atoms with Crippen LogP contribution in [-0.4, -0.2) is 40.7 Å². The molecule has 0 bridgehead atoms. The van der Waals surface area contributed by atoms with E-state index in [2.05, 4.69) is 21.0 Å². The van der Waals surface area contributed by atoms with Crippen LogP contribution in [0.4, 0.5) is 13.2 Å². The number of benzene rings is 2. The summed E-state index contributed by atoms with van der Waals surface area (Å²) < 4.78 is 45.6. The monoisotopic (exact) mass is 638 g/mol. The maximum Gasteiger partial charge on any atom is 0.417 e. The summed E-state index contributed by atoms with van der Waals surface area (Å²) in [4.78, 5) is 34.1. The van der Waals surface area contributed by atoms with E-state index in [1.54, 1.807) is 16.2 Å². The van der Waals surface area contributed by atoms with E-state index in [0.29, 0.717) is 16.9 Å². The number of nitrogens with zero attached hydrogens (tertiary/aromatic N) is 6. The number of alkyl halides is 3. The summed E-state index contributed by atoms with van der Waals surface area (Å²) >= 11 is 2.93. The fraction of sp³-hybridized carbons (Fsp3) is 0.267. The molecular formula is C30H26BrF3N6O2. The van der Waals surface area contributed by atoms with E-state index in [1.165, 1.54) is 17.0 Å². The van der Waals surface area contributed by atoms with Gasteiger partial charge in [0.25, 0.3) is 11.5 Å². The smallest absolute Gasteiger partial charge is 0.351 e. The Kier molecular flexibility index (Phi) is 6.64. The van der Waals surface area contributed by atoms with Crippen LogP contribution in [0.5, 0.6) is 0 Å². The van der Waals surface area contributed by atoms with Gasteiger partial charge in [0.15, 0.2) is 0 Å². The Morgan fingerprint density at radius 1 is 1.07 bits per heavy atom. The van der Waals surface area contributed by atoms with Gasteiger partial charge in [0.2, 0.25) is 5.95 Å². The molecule has 0 saturated carbocycles. The number of carbonyl (C=O) groups is 1. The molecule has 1 unspecified atom stereocenters. The predicted octanol–water partition coefficient (Wildman–Crippen LogP) is 5.90. The molecule has 1 atom stereocenters. The Balaban J connectivity index is 1.48. The first-order chi connectivity index (χ1) is 19.8. The highest BCUT2D eigenvalue weighted by molar-refractivity contribution is 9.10. The molecule has 1 amide bonds. The van der Waals surface area contributed by atoms with Gasteiger partial charge in [0, 0.05) is 51.5 Å². The van der Waals surface area contributed by atoms with Crippen molar-refractivity contribution < 1.29 is 18.0 Å². The Hall–Kier alpha value is -4.19. The molecule has 0 fully saturated rings. The van der Waals surface area contributed by atoms with E-state index < -0.39 is 23.7 Å². The van der Waals surface area contributed by atoms with Crippen molar-refractivity contribution in [1.82, 2.24) is 28.8 Å². The molecule has 0 radical (unpaired) electrons. The van der Waals surface area contributed by atoms with Gasteiger partial charge in [-0.1, -0.05) is 15.9 Å². The zero-order chi connectivity index (χ0) is 30.1. The SMILES string of the molecule is Cc1cc(C)n(-c2nc3c(c(=O)n2-c2ccc4c(ccn4C)c2)CC(C)N(C(=O)c2ccc(Br)c(C(F)(F)F)c2)C3)n1. The van der Waals surface area contributed by atoms with Gasteiger partial charge in [-0.15, -0.1) is 0 Å². The summed E-state index contributed by atoms with van der Waals surface area (Å²) in [5.74, 6) is -0.302. The molecular weight excluding hydrogens is 613 g/mol. The molecule has 0 saturated heterocycles. The third-order valence-corrected chi connectivity index (χ3v) is 8.39. The van der Waals surface area contributed by atoms with E-state index in [0.717, 1.165) is 28.4 Å². The van der Waals surface area contributed by atoms with Crippen LogP contribution in [0.2, 0.25) is 0 Å². The molecule has 6 rings (SSSR count). The maximum atomic E-state index is 14.2. The van der Waals surface area contributed by atoms with Crippen LogP contribution in [0.1, 0.15) is 45.5 Å². The summed E-state index contributed by atoms with van der Waals surface area (Å²) in [6.45, 7) is 5.45. The number of carbonyl (C=O) groups excluding carboxylic acids is 1. The van der Waals surface area contributed by atoms with Crippen LogP contribution in [0.3, 0.4) is 0 Å². The quantitative estimate of drug-likeness (QED) is 0.247. The molecule has 4 heterocycles. The van der Waals surface area contributed by atoms with Crippen LogP contribution in [0.25, 0.3) is 22.5 Å². The standard InChI is InChI=1S/C30H26BrF3N6O2/c1-16-11-18(3)40(36-16)29-35-25-15-38(27(41)20-5-7-24(31)23(14-20)30(32,33)34)17(2)12-22(25)28(42)39(29)21-6-8-26-19(13-21)9-10-37(26)4/h5-11,13-14,17H,12,15H2,1-4H3. The zero-order valence-electron chi connectivity index (χ0n) is 23.2. The summed E-state index contributed by atoms with van der Waals surface area (Å²) in [6.07, 6.45) is -2.49. The van der Waals surface area contributed by atoms with Gasteiger partial charge in [-0.2, -0.15) is 18.3 Å². The summed E-state index contributed by atoms with van der Waals surface area (Å²) in [7, 11) is 1.95. The minimum absolute atomic E-state index is 0.0349. The lowest BCUT2D eigenvalue weighted by Gasteiger charge is -2.34. The fourth-order valence-electron chi connectivity index (χ4n) is 5.57. The Morgan fingerprint density at radius 3 is 2.52 bits per heavy atom. The Bertz CT molecular complexity index is 1960. The summed E-state index contributed by atoms with van der Waals surface area (Å²) in [5.41, 5.74) is 2.68. The van der Waals surface area contributed by atoms with Crippen molar-refractivity contribution in [3.05, 3.63) is 103 Å². The minimum Gasteiger partial charge on any atom is -0.351 e. The van der Waals surface area contributed by atoms with E-state index in [1.807, 2.05) is 62.0 Å². The van der Waals surface area contributed by atoms with Crippen molar-refractivity contribution in [3.8, 4) is 11.6 Å². The summed E-state index contributed by atoms with van der Waals surface area (Å²) in [5, 5.41) is 5.53. The molecule has 0 aliphatic carbocycles. The first-order valence-corrected chi connectivity index (χ1v) is 14.0. The minimum atomic E-state index is -4.63. The van der Waals surface area contributed by atoms with Gasteiger partial charge < -0.3 is 9.47 Å². The third-order valence-electron chi connectivity index (χ3n) is 7.70. The van der Waals surface area contributed by atoms with Crippen molar-refractivity contribution in [3.63, 3.8) is 0 Å². The summed E-state index contributed by atoms with van der Waals surface area (Å²) in [6, 6.07) is 12.5. The average Bonchev–Trinajstić information content (AvgIpc) is 3.47. The number of aryl methyl sites for hydroxylation is 3. The van der Waals surface area contributed by atoms with E-state index in [9.17, 15) is 22.8 Å². The molecule has 216 valence electrons. The average molecular weight is 639 g/mol. The van der Waals surface area contributed by atoms with Crippen LogP contribution in [-0.2, 0) is 26.2 Å². The van der Waals surface area contributed by atoms with Crippen molar-refractivity contribution in [2.45, 2.75) is 46.0 Å². The number of hydrogen-bond donors (Lipinski definition) is 0. The predicted molar refractivity (Wildman–Crippen MR) is 155 cm³/mol. The molecule has 1 aliphatic heterocycles. The highest BCUT2D eigenvalue weighted by Crippen LogP contribution is 2.36. The van der Waals surface area contributed by atoms with Crippen molar-refractivity contribution >= 4 is 32.7 Å². The van der Waals surface area contributed by atoms with Gasteiger partial charge in [-0.3, -0.25) is 9.59 Å². The Labute approximate surface area is 247 Å². The lowest BCUT2D eigenvalue weighted by atomic mass is 9.98. The number of aromatic nitrogens is 5. The molecule has 1 aliphatic rings. The molecule has 3 aromatic heterocycles. The van der Waals surface area contributed by atoms with Gasteiger partial charge in [0.1, 0.15) is 0 Å². The fourth-order valence-corrected chi connectivity index (χ4v) is 6.05. The van der Waals surface area contributed by atoms with Gasteiger partial charge in [-0.05, 0) is 75.7 Å². The maximum absolute atomic E-state index is 14.2. The topological polar surface area (TPSA) is 78.0 Å². The van der Waals surface area contributed by atoms with Crippen LogP contribution >= 0.6 is 15.9 Å². The molecule has 42 heavy (non-hydrogen) atoms. The molecule has 2 aromatic carbocycles. The molecule has 12 heteroatoms. The van der Waals surface area contributed by atoms with E-state index in [-0.39, 0.29) is 34.5 Å². The highest BCUT2D eigenvalue weighted by atomic mass is 79.9. The molecule has 5 aromatic rings. The molecule has 8 nitrogen and oxygen atoms in total. The second kappa shape index (κ2) is 9.97. The van der Waals surface area contributed by atoms with Crippen molar-refractivity contribution in [2.24, 2.45) is 7.05 Å². The molecule has 0 N–H and O–H groups in total. The largest absolute Gasteiger partial charge is 0.417 e. The van der Waals surface area contributed by atoms with E-state index >= 15 is 0 Å². The number of amides is 1. The number of rotatable bonds is 3. The van der Waals surface area contributed by atoms with Crippen LogP contribution in [0, 0.1) is 13.8 Å². The normalized spacial score (nSPS) is 15.3. The van der Waals surface area contributed by atoms with Gasteiger partial charge in [0.05, 0.1) is 29.2 Å². The number of fused-ring (bicyclic) bond motifs is 2. The number of halogens is 4.